The lowest BCUT2D eigenvalue weighted by atomic mass is 9.84. The highest BCUT2D eigenvalue weighted by molar-refractivity contribution is 7.74. The molecule has 0 saturated heterocycles. The Morgan fingerprint density at radius 3 is 2.69 bits per heavy atom. The van der Waals surface area contributed by atoms with Gasteiger partial charge in [0.25, 0.3) is 0 Å². The maximum atomic E-state index is 10.5. The molecule has 13 heavy (non-hydrogen) atoms. The Hall–Kier alpha value is 0.0300. The van der Waals surface area contributed by atoms with Gasteiger partial charge in [-0.2, -0.15) is 4.21 Å². The zero-order valence-corrected chi connectivity index (χ0v) is 8.29. The van der Waals surface area contributed by atoms with E-state index in [9.17, 15) is 9.32 Å². The summed E-state index contributed by atoms with van der Waals surface area (Å²) in [5, 5.41) is 10.0. The summed E-state index contributed by atoms with van der Waals surface area (Å²) in [6.45, 7) is 1.70. The molecule has 2 fully saturated rings. The summed E-state index contributed by atoms with van der Waals surface area (Å²) in [5.41, 5.74) is -0.915. The lowest BCUT2D eigenvalue weighted by Crippen LogP contribution is -2.46. The van der Waals surface area contributed by atoms with E-state index in [1.807, 2.05) is 0 Å². The Balaban J connectivity index is 2.14. The highest BCUT2D eigenvalue weighted by Crippen LogP contribution is 2.52. The molecule has 0 aliphatic heterocycles. The number of hydrogen-bond donors (Lipinski definition) is 2. The second-order valence-corrected chi connectivity index (χ2v) is 4.86. The first-order chi connectivity index (χ1) is 6.01. The molecule has 0 spiro atoms. The van der Waals surface area contributed by atoms with E-state index in [-0.39, 0.29) is 11.8 Å². The van der Waals surface area contributed by atoms with Crippen LogP contribution in [0.2, 0.25) is 0 Å². The fourth-order valence-corrected chi connectivity index (χ4v) is 3.33. The molecule has 0 radical (unpaired) electrons. The summed E-state index contributed by atoms with van der Waals surface area (Å²) in [6.07, 6.45) is 2.48. The van der Waals surface area contributed by atoms with Gasteiger partial charge in [-0.25, -0.2) is 0 Å². The molecule has 2 rings (SSSR count). The van der Waals surface area contributed by atoms with Gasteiger partial charge in [-0.1, -0.05) is 0 Å². The molecule has 2 bridgehead atoms. The average molecular weight is 206 g/mol. The fourth-order valence-electron chi connectivity index (χ4n) is 2.80. The molecular formula is C8H14O4S. The Bertz CT molecular complexity index is 240. The van der Waals surface area contributed by atoms with E-state index >= 15 is 0 Å². The van der Waals surface area contributed by atoms with Crippen LogP contribution in [0, 0.1) is 11.8 Å². The normalized spacial score (nSPS) is 51.2. The minimum Gasteiger partial charge on any atom is -0.387 e. The standard InChI is InChI=1S/C8H14O4S/c1-8(9)6-3-2-5(4-6)7(8)12-13(10)11/h5-7,9H,2-4H2,1H3,(H,10,11). The van der Waals surface area contributed by atoms with E-state index in [1.165, 1.54) is 0 Å². The Labute approximate surface area is 79.8 Å². The van der Waals surface area contributed by atoms with Crippen molar-refractivity contribution in [2.45, 2.75) is 37.9 Å². The van der Waals surface area contributed by atoms with Gasteiger partial charge in [-0.3, -0.25) is 8.74 Å². The molecule has 2 N–H and O–H groups in total. The molecule has 2 aliphatic rings. The first-order valence-electron chi connectivity index (χ1n) is 4.52. The molecular weight excluding hydrogens is 192 g/mol. The van der Waals surface area contributed by atoms with Gasteiger partial charge < -0.3 is 5.11 Å². The third kappa shape index (κ3) is 1.44. The van der Waals surface area contributed by atoms with Crippen LogP contribution in [-0.2, 0) is 15.5 Å². The summed E-state index contributed by atoms with van der Waals surface area (Å²) < 4.78 is 23.9. The molecule has 0 aromatic rings. The van der Waals surface area contributed by atoms with Crippen molar-refractivity contribution in [1.29, 1.82) is 0 Å². The SMILES string of the molecule is CC1(O)C2CCC(C2)C1OS(=O)O. The monoisotopic (exact) mass is 206 g/mol. The van der Waals surface area contributed by atoms with E-state index < -0.39 is 23.1 Å². The van der Waals surface area contributed by atoms with Crippen molar-refractivity contribution < 1.29 is 18.1 Å². The first kappa shape index (κ1) is 9.58. The molecule has 2 aliphatic carbocycles. The molecule has 0 aromatic carbocycles. The van der Waals surface area contributed by atoms with E-state index in [0.29, 0.717) is 0 Å². The van der Waals surface area contributed by atoms with Crippen LogP contribution in [0.4, 0.5) is 0 Å². The summed E-state index contributed by atoms with van der Waals surface area (Å²) in [4.78, 5) is 0. The first-order valence-corrected chi connectivity index (χ1v) is 5.55. The van der Waals surface area contributed by atoms with Crippen LogP contribution in [0.15, 0.2) is 0 Å². The number of aliphatic hydroxyl groups is 1. The summed E-state index contributed by atoms with van der Waals surface area (Å²) >= 11 is -2.26. The maximum absolute atomic E-state index is 10.5. The van der Waals surface area contributed by atoms with Gasteiger partial charge in [0.1, 0.15) is 6.10 Å². The largest absolute Gasteiger partial charge is 0.387 e. The summed E-state index contributed by atoms with van der Waals surface area (Å²) in [5.74, 6) is 0.502. The van der Waals surface area contributed by atoms with Crippen molar-refractivity contribution in [3.63, 3.8) is 0 Å². The highest BCUT2D eigenvalue weighted by atomic mass is 32.2. The molecule has 2 saturated carbocycles. The molecule has 0 amide bonds. The number of rotatable bonds is 2. The van der Waals surface area contributed by atoms with Crippen molar-refractivity contribution in [2.24, 2.45) is 11.8 Å². The van der Waals surface area contributed by atoms with Crippen molar-refractivity contribution in [3.05, 3.63) is 0 Å². The van der Waals surface area contributed by atoms with Crippen LogP contribution in [0.3, 0.4) is 0 Å². The van der Waals surface area contributed by atoms with Gasteiger partial charge in [-0.05, 0) is 38.0 Å². The lowest BCUT2D eigenvalue weighted by Gasteiger charge is -2.34. The number of hydrogen-bond acceptors (Lipinski definition) is 3. The highest BCUT2D eigenvalue weighted by Gasteiger charge is 2.56. The minimum atomic E-state index is -2.26. The minimum absolute atomic E-state index is 0.242. The van der Waals surface area contributed by atoms with Crippen LogP contribution in [-0.4, -0.2) is 25.6 Å². The van der Waals surface area contributed by atoms with Crippen LogP contribution < -0.4 is 0 Å². The molecule has 0 aromatic heterocycles. The zero-order valence-electron chi connectivity index (χ0n) is 7.47. The lowest BCUT2D eigenvalue weighted by molar-refractivity contribution is -0.0801. The van der Waals surface area contributed by atoms with Gasteiger partial charge >= 0.3 is 11.4 Å². The van der Waals surface area contributed by atoms with Gasteiger partial charge in [-0.15, -0.1) is 0 Å². The van der Waals surface area contributed by atoms with Crippen LogP contribution in [0.1, 0.15) is 26.2 Å². The third-order valence-corrected chi connectivity index (χ3v) is 3.86. The third-order valence-electron chi connectivity index (χ3n) is 3.49. The predicted octanol–water partition coefficient (Wildman–Crippen LogP) is 0.689. The fraction of sp³-hybridized carbons (Fsp3) is 1.00. The summed E-state index contributed by atoms with van der Waals surface area (Å²) in [7, 11) is 0. The second-order valence-electron chi connectivity index (χ2n) is 4.23. The zero-order chi connectivity index (χ0) is 9.64. The van der Waals surface area contributed by atoms with Gasteiger partial charge in [0.05, 0.1) is 5.60 Å². The van der Waals surface area contributed by atoms with E-state index in [1.54, 1.807) is 6.92 Å². The van der Waals surface area contributed by atoms with Crippen LogP contribution >= 0.6 is 0 Å². The molecule has 76 valence electrons. The van der Waals surface area contributed by atoms with Crippen LogP contribution in [0.25, 0.3) is 0 Å². The maximum Gasteiger partial charge on any atom is 0.302 e. The van der Waals surface area contributed by atoms with Gasteiger partial charge in [0.15, 0.2) is 0 Å². The van der Waals surface area contributed by atoms with Crippen molar-refractivity contribution in [1.82, 2.24) is 0 Å². The van der Waals surface area contributed by atoms with E-state index in [4.69, 9.17) is 8.74 Å². The van der Waals surface area contributed by atoms with Gasteiger partial charge in [0.2, 0.25) is 0 Å². The Morgan fingerprint density at radius 1 is 1.54 bits per heavy atom. The van der Waals surface area contributed by atoms with Crippen molar-refractivity contribution in [2.75, 3.05) is 0 Å². The second kappa shape index (κ2) is 3.02. The number of fused-ring (bicyclic) bond motifs is 2. The summed E-state index contributed by atoms with van der Waals surface area (Å²) in [6, 6.07) is 0. The predicted molar refractivity (Wildman–Crippen MR) is 47.1 cm³/mol. The van der Waals surface area contributed by atoms with E-state index in [0.717, 1.165) is 19.3 Å². The topological polar surface area (TPSA) is 66.8 Å². The quantitative estimate of drug-likeness (QED) is 0.652. The van der Waals surface area contributed by atoms with Crippen LogP contribution in [0.5, 0.6) is 0 Å². The van der Waals surface area contributed by atoms with Crippen molar-refractivity contribution >= 4 is 11.4 Å². The molecule has 4 nitrogen and oxygen atoms in total. The average Bonchev–Trinajstić information content (AvgIpc) is 2.53. The Morgan fingerprint density at radius 2 is 2.23 bits per heavy atom. The molecule has 5 heteroatoms. The van der Waals surface area contributed by atoms with Gasteiger partial charge in [0, 0.05) is 0 Å². The van der Waals surface area contributed by atoms with E-state index in [2.05, 4.69) is 0 Å². The Kier molecular flexibility index (Phi) is 2.22. The molecule has 5 unspecified atom stereocenters. The smallest absolute Gasteiger partial charge is 0.302 e. The van der Waals surface area contributed by atoms with Crippen molar-refractivity contribution in [3.8, 4) is 0 Å². The molecule has 5 atom stereocenters. The molecule has 0 heterocycles.